The summed E-state index contributed by atoms with van der Waals surface area (Å²) in [5.41, 5.74) is 7.91. The zero-order valence-corrected chi connectivity index (χ0v) is 17.0. The summed E-state index contributed by atoms with van der Waals surface area (Å²) in [5.74, 6) is 0.218. The molecule has 0 saturated heterocycles. The molecule has 0 aliphatic heterocycles. The number of fused-ring (bicyclic) bond motifs is 1. The van der Waals surface area contributed by atoms with Crippen LogP contribution in [0.4, 0.5) is 0 Å². The summed E-state index contributed by atoms with van der Waals surface area (Å²) in [6, 6.07) is 27.5. The number of nitrogens with one attached hydrogen (secondary N) is 1. The number of carbonyl (C=O) groups excluding carboxylic acids is 1. The highest BCUT2D eigenvalue weighted by atomic mass is 16.2. The SMILES string of the molecule is CC(C)c1ccc(/C=N\NC(=O)c2cc(-c3ccccc3)nc3ccccc23)cc1. The van der Waals surface area contributed by atoms with Gasteiger partial charge in [0, 0.05) is 10.9 Å². The third kappa shape index (κ3) is 4.28. The van der Waals surface area contributed by atoms with E-state index in [0.29, 0.717) is 11.5 Å². The Kier molecular flexibility index (Phi) is 5.66. The van der Waals surface area contributed by atoms with Crippen molar-refractivity contribution in [2.45, 2.75) is 19.8 Å². The average molecular weight is 393 g/mol. The number of benzene rings is 3. The van der Waals surface area contributed by atoms with E-state index < -0.39 is 0 Å². The Hall–Kier alpha value is -3.79. The zero-order chi connectivity index (χ0) is 20.9. The van der Waals surface area contributed by atoms with Crippen molar-refractivity contribution >= 4 is 23.0 Å². The molecule has 0 atom stereocenters. The molecule has 0 aliphatic rings. The van der Waals surface area contributed by atoms with E-state index in [9.17, 15) is 4.79 Å². The molecule has 30 heavy (non-hydrogen) atoms. The van der Waals surface area contributed by atoms with Gasteiger partial charge in [-0.05, 0) is 29.2 Å². The predicted molar refractivity (Wildman–Crippen MR) is 123 cm³/mol. The van der Waals surface area contributed by atoms with Crippen LogP contribution in [0.3, 0.4) is 0 Å². The summed E-state index contributed by atoms with van der Waals surface area (Å²) < 4.78 is 0. The second-order valence-electron chi connectivity index (χ2n) is 7.46. The van der Waals surface area contributed by atoms with Crippen molar-refractivity contribution in [2.24, 2.45) is 5.10 Å². The molecule has 0 saturated carbocycles. The Morgan fingerprint density at radius 2 is 1.63 bits per heavy atom. The summed E-state index contributed by atoms with van der Waals surface area (Å²) >= 11 is 0. The number of hydrogen-bond acceptors (Lipinski definition) is 3. The molecule has 3 aromatic carbocycles. The summed E-state index contributed by atoms with van der Waals surface area (Å²) in [4.78, 5) is 17.6. The van der Waals surface area contributed by atoms with Crippen LogP contribution < -0.4 is 5.43 Å². The first-order chi connectivity index (χ1) is 14.6. The molecule has 1 N–H and O–H groups in total. The van der Waals surface area contributed by atoms with Gasteiger partial charge in [0.05, 0.1) is 23.0 Å². The Balaban J connectivity index is 1.61. The number of aromatic nitrogens is 1. The molecule has 148 valence electrons. The van der Waals surface area contributed by atoms with Crippen LogP contribution in [0.15, 0.2) is 90.0 Å². The number of pyridine rings is 1. The standard InChI is InChI=1S/C26H23N3O/c1-18(2)20-14-12-19(13-15-20)17-27-29-26(30)23-16-25(21-8-4-3-5-9-21)28-24-11-7-6-10-22(23)24/h3-18H,1-2H3,(H,29,30)/b27-17-. The van der Waals surface area contributed by atoms with E-state index in [1.54, 1.807) is 6.21 Å². The van der Waals surface area contributed by atoms with Gasteiger partial charge in [0.25, 0.3) is 5.91 Å². The molecule has 1 aromatic heterocycles. The van der Waals surface area contributed by atoms with Crippen LogP contribution in [0.5, 0.6) is 0 Å². The molecular formula is C26H23N3O. The summed E-state index contributed by atoms with van der Waals surface area (Å²) in [6.45, 7) is 4.32. The largest absolute Gasteiger partial charge is 0.272 e. The molecule has 0 radical (unpaired) electrons. The van der Waals surface area contributed by atoms with Crippen LogP contribution in [0.25, 0.3) is 22.2 Å². The summed E-state index contributed by atoms with van der Waals surface area (Å²) in [6.07, 6.45) is 1.66. The molecule has 0 aliphatic carbocycles. The van der Waals surface area contributed by atoms with Gasteiger partial charge in [-0.25, -0.2) is 10.4 Å². The van der Waals surface area contributed by atoms with Crippen molar-refractivity contribution in [3.63, 3.8) is 0 Å². The average Bonchev–Trinajstić information content (AvgIpc) is 2.79. The maximum absolute atomic E-state index is 12.9. The van der Waals surface area contributed by atoms with Crippen molar-refractivity contribution in [1.82, 2.24) is 10.4 Å². The van der Waals surface area contributed by atoms with Crippen LogP contribution in [0.2, 0.25) is 0 Å². The zero-order valence-electron chi connectivity index (χ0n) is 17.0. The third-order valence-corrected chi connectivity index (χ3v) is 5.01. The van der Waals surface area contributed by atoms with Crippen LogP contribution in [0.1, 0.15) is 41.3 Å². The van der Waals surface area contributed by atoms with Gasteiger partial charge in [-0.3, -0.25) is 4.79 Å². The summed E-state index contributed by atoms with van der Waals surface area (Å²) in [7, 11) is 0. The van der Waals surface area contributed by atoms with Gasteiger partial charge < -0.3 is 0 Å². The number of hydrazone groups is 1. The lowest BCUT2D eigenvalue weighted by Gasteiger charge is -2.09. The van der Waals surface area contributed by atoms with Crippen LogP contribution in [-0.4, -0.2) is 17.1 Å². The second-order valence-corrected chi connectivity index (χ2v) is 7.46. The minimum atomic E-state index is -0.263. The number of hydrogen-bond donors (Lipinski definition) is 1. The van der Waals surface area contributed by atoms with Gasteiger partial charge in [0.15, 0.2) is 0 Å². The predicted octanol–water partition coefficient (Wildman–Crippen LogP) is 5.79. The van der Waals surface area contributed by atoms with E-state index in [2.05, 4.69) is 36.5 Å². The Morgan fingerprint density at radius 1 is 0.933 bits per heavy atom. The van der Waals surface area contributed by atoms with Crippen LogP contribution in [-0.2, 0) is 0 Å². The van der Waals surface area contributed by atoms with E-state index >= 15 is 0 Å². The first-order valence-corrected chi connectivity index (χ1v) is 10.0. The van der Waals surface area contributed by atoms with E-state index in [1.165, 1.54) is 5.56 Å². The Morgan fingerprint density at radius 3 is 2.37 bits per heavy atom. The normalized spacial score (nSPS) is 11.3. The first-order valence-electron chi connectivity index (χ1n) is 10.0. The smallest absolute Gasteiger partial charge is 0.267 e. The van der Waals surface area contributed by atoms with Gasteiger partial charge >= 0.3 is 0 Å². The van der Waals surface area contributed by atoms with Gasteiger partial charge in [0.2, 0.25) is 0 Å². The van der Waals surface area contributed by atoms with Crippen molar-refractivity contribution in [3.8, 4) is 11.3 Å². The van der Waals surface area contributed by atoms with Crippen molar-refractivity contribution in [1.29, 1.82) is 0 Å². The quantitative estimate of drug-likeness (QED) is 0.345. The number of nitrogens with zero attached hydrogens (tertiary/aromatic N) is 2. The third-order valence-electron chi connectivity index (χ3n) is 5.01. The van der Waals surface area contributed by atoms with E-state index in [1.807, 2.05) is 72.8 Å². The lowest BCUT2D eigenvalue weighted by atomic mass is 10.0. The van der Waals surface area contributed by atoms with E-state index in [-0.39, 0.29) is 5.91 Å². The lowest BCUT2D eigenvalue weighted by Crippen LogP contribution is -2.18. The fourth-order valence-corrected chi connectivity index (χ4v) is 3.31. The molecule has 0 unspecified atom stereocenters. The maximum Gasteiger partial charge on any atom is 0.272 e. The Labute approximate surface area is 176 Å². The van der Waals surface area contributed by atoms with E-state index in [4.69, 9.17) is 4.98 Å². The molecule has 4 nitrogen and oxygen atoms in total. The van der Waals surface area contributed by atoms with Gasteiger partial charge in [0.1, 0.15) is 0 Å². The van der Waals surface area contributed by atoms with Crippen LogP contribution in [0, 0.1) is 0 Å². The minimum Gasteiger partial charge on any atom is -0.267 e. The van der Waals surface area contributed by atoms with Crippen molar-refractivity contribution < 1.29 is 4.79 Å². The maximum atomic E-state index is 12.9. The number of amides is 1. The van der Waals surface area contributed by atoms with Crippen molar-refractivity contribution in [3.05, 3.63) is 102 Å². The molecule has 0 fully saturated rings. The highest BCUT2D eigenvalue weighted by Gasteiger charge is 2.13. The lowest BCUT2D eigenvalue weighted by molar-refractivity contribution is 0.0956. The number of rotatable bonds is 5. The first kappa shape index (κ1) is 19.5. The van der Waals surface area contributed by atoms with E-state index in [0.717, 1.165) is 27.7 Å². The fraction of sp³-hybridized carbons (Fsp3) is 0.115. The minimum absolute atomic E-state index is 0.263. The molecule has 1 amide bonds. The fourth-order valence-electron chi connectivity index (χ4n) is 3.31. The number of carbonyl (C=O) groups is 1. The molecular weight excluding hydrogens is 370 g/mol. The molecule has 1 heterocycles. The van der Waals surface area contributed by atoms with Gasteiger partial charge in [-0.15, -0.1) is 0 Å². The Bertz CT molecular complexity index is 1200. The molecule has 4 heteroatoms. The molecule has 0 spiro atoms. The van der Waals surface area contributed by atoms with Crippen LogP contribution >= 0.6 is 0 Å². The van der Waals surface area contributed by atoms with Gasteiger partial charge in [-0.2, -0.15) is 5.10 Å². The molecule has 4 aromatic rings. The second kappa shape index (κ2) is 8.70. The molecule has 4 rings (SSSR count). The topological polar surface area (TPSA) is 54.4 Å². The molecule has 0 bridgehead atoms. The monoisotopic (exact) mass is 393 g/mol. The van der Waals surface area contributed by atoms with Crippen molar-refractivity contribution in [2.75, 3.05) is 0 Å². The highest BCUT2D eigenvalue weighted by molar-refractivity contribution is 6.07. The van der Waals surface area contributed by atoms with Gasteiger partial charge in [-0.1, -0.05) is 86.6 Å². The summed E-state index contributed by atoms with van der Waals surface area (Å²) in [5, 5.41) is 4.95. The number of para-hydroxylation sites is 1. The highest BCUT2D eigenvalue weighted by Crippen LogP contribution is 2.24.